The van der Waals surface area contributed by atoms with Crippen LogP contribution in [0, 0.1) is 6.92 Å². The molecular formula is C18H21N4O2S+. The van der Waals surface area contributed by atoms with Gasteiger partial charge < -0.3 is 14.6 Å². The number of hydrogen-bond donors (Lipinski definition) is 2. The first kappa shape index (κ1) is 17.3. The van der Waals surface area contributed by atoms with Crippen LogP contribution in [0.1, 0.15) is 24.4 Å². The van der Waals surface area contributed by atoms with Gasteiger partial charge in [0.05, 0.1) is 11.9 Å². The number of benzene rings is 1. The number of nitrogens with one attached hydrogen (secondary N) is 2. The second-order valence-electron chi connectivity index (χ2n) is 6.08. The standard InChI is InChI=1S/C18H20N4O2S/c1-12-6-8-14(9-7-12)19-16(23)11-22(3)13(2)17-20-21-18(24-17)15-5-4-10-25-15/h4-10,13H,11H2,1-3H3,(H,19,23)/p+1/t13-/m1/s1. The number of thiophene rings is 1. The number of likely N-dealkylation sites (N-methyl/N-ethyl adjacent to an activating group) is 1. The van der Waals surface area contributed by atoms with E-state index in [1.807, 2.05) is 62.7 Å². The van der Waals surface area contributed by atoms with Crippen molar-refractivity contribution in [2.75, 3.05) is 18.9 Å². The summed E-state index contributed by atoms with van der Waals surface area (Å²) < 4.78 is 5.76. The molecule has 25 heavy (non-hydrogen) atoms. The van der Waals surface area contributed by atoms with Crippen molar-refractivity contribution in [2.45, 2.75) is 19.9 Å². The van der Waals surface area contributed by atoms with Gasteiger partial charge in [0.2, 0.25) is 0 Å². The number of carbonyl (C=O) groups is 1. The zero-order chi connectivity index (χ0) is 17.8. The number of carbonyl (C=O) groups excluding carboxylic acids is 1. The summed E-state index contributed by atoms with van der Waals surface area (Å²) in [7, 11) is 1.94. The number of aromatic nitrogens is 2. The summed E-state index contributed by atoms with van der Waals surface area (Å²) in [6.07, 6.45) is 0. The van der Waals surface area contributed by atoms with E-state index in [0.29, 0.717) is 18.3 Å². The fourth-order valence-corrected chi connectivity index (χ4v) is 3.01. The number of anilines is 1. The molecule has 0 spiro atoms. The summed E-state index contributed by atoms with van der Waals surface area (Å²) in [6.45, 7) is 4.30. The van der Waals surface area contributed by atoms with E-state index in [2.05, 4.69) is 15.5 Å². The Labute approximate surface area is 150 Å². The highest BCUT2D eigenvalue weighted by Gasteiger charge is 2.24. The SMILES string of the molecule is Cc1ccc(NC(=O)C[NH+](C)[C@H](C)c2nnc(-c3cccs3)o2)cc1. The molecule has 0 fully saturated rings. The van der Waals surface area contributed by atoms with Gasteiger partial charge in [-0.3, -0.25) is 4.79 Å². The van der Waals surface area contributed by atoms with Gasteiger partial charge in [-0.2, -0.15) is 0 Å². The van der Waals surface area contributed by atoms with Gasteiger partial charge in [-0.1, -0.05) is 23.8 Å². The molecule has 7 heteroatoms. The molecule has 0 saturated carbocycles. The van der Waals surface area contributed by atoms with Crippen LogP contribution in [0.4, 0.5) is 5.69 Å². The van der Waals surface area contributed by atoms with Crippen LogP contribution in [0.5, 0.6) is 0 Å². The highest BCUT2D eigenvalue weighted by Crippen LogP contribution is 2.24. The predicted molar refractivity (Wildman–Crippen MR) is 97.6 cm³/mol. The average Bonchev–Trinajstić information content (AvgIpc) is 3.27. The minimum atomic E-state index is -0.0787. The van der Waals surface area contributed by atoms with Crippen molar-refractivity contribution in [3.63, 3.8) is 0 Å². The molecule has 1 aromatic carbocycles. The molecule has 2 aromatic heterocycles. The molecule has 3 rings (SSSR count). The van der Waals surface area contributed by atoms with Crippen LogP contribution in [0.2, 0.25) is 0 Å². The summed E-state index contributed by atoms with van der Waals surface area (Å²) in [4.78, 5) is 14.2. The third-order valence-corrected chi connectivity index (χ3v) is 4.91. The Balaban J connectivity index is 1.59. The first-order valence-electron chi connectivity index (χ1n) is 8.09. The molecule has 1 unspecified atom stereocenters. The van der Waals surface area contributed by atoms with Gasteiger partial charge in [-0.25, -0.2) is 0 Å². The third-order valence-electron chi connectivity index (χ3n) is 4.06. The smallest absolute Gasteiger partial charge is 0.279 e. The lowest BCUT2D eigenvalue weighted by Crippen LogP contribution is -3.10. The van der Waals surface area contributed by atoms with Crippen molar-refractivity contribution in [2.24, 2.45) is 0 Å². The third kappa shape index (κ3) is 4.32. The first-order chi connectivity index (χ1) is 12.0. The maximum Gasteiger partial charge on any atom is 0.279 e. The normalized spacial score (nSPS) is 13.4. The van der Waals surface area contributed by atoms with Crippen molar-refractivity contribution in [1.82, 2.24) is 10.2 Å². The minimum absolute atomic E-state index is 0.0498. The highest BCUT2D eigenvalue weighted by molar-refractivity contribution is 7.13. The van der Waals surface area contributed by atoms with Crippen LogP contribution in [-0.4, -0.2) is 29.7 Å². The summed E-state index contributed by atoms with van der Waals surface area (Å²) in [5, 5.41) is 13.1. The summed E-state index contributed by atoms with van der Waals surface area (Å²) in [5.41, 5.74) is 1.96. The molecule has 0 saturated heterocycles. The number of quaternary nitrogens is 1. The minimum Gasteiger partial charge on any atom is -0.414 e. The Morgan fingerprint density at radius 3 is 2.72 bits per heavy atom. The van der Waals surface area contributed by atoms with Crippen LogP contribution in [0.15, 0.2) is 46.2 Å². The molecule has 0 bridgehead atoms. The maximum absolute atomic E-state index is 12.2. The molecule has 130 valence electrons. The second kappa shape index (κ2) is 7.58. The maximum atomic E-state index is 12.2. The second-order valence-corrected chi connectivity index (χ2v) is 7.03. The molecule has 2 N–H and O–H groups in total. The molecule has 0 aliphatic heterocycles. The summed E-state index contributed by atoms with van der Waals surface area (Å²) in [6, 6.07) is 11.6. The molecular weight excluding hydrogens is 336 g/mol. The van der Waals surface area contributed by atoms with Crippen molar-refractivity contribution in [1.29, 1.82) is 0 Å². The molecule has 6 nitrogen and oxygen atoms in total. The molecule has 0 aliphatic carbocycles. The van der Waals surface area contributed by atoms with Crippen molar-refractivity contribution < 1.29 is 14.1 Å². The summed E-state index contributed by atoms with van der Waals surface area (Å²) >= 11 is 1.56. The van der Waals surface area contributed by atoms with Gasteiger partial charge in [0, 0.05) is 5.69 Å². The van der Waals surface area contributed by atoms with Crippen molar-refractivity contribution >= 4 is 22.9 Å². The van der Waals surface area contributed by atoms with Gasteiger partial charge in [-0.15, -0.1) is 21.5 Å². The summed E-state index contributed by atoms with van der Waals surface area (Å²) in [5.74, 6) is 1.00. The lowest BCUT2D eigenvalue weighted by atomic mass is 10.2. The van der Waals surface area contributed by atoms with Gasteiger partial charge >= 0.3 is 0 Å². The molecule has 2 heterocycles. The van der Waals surface area contributed by atoms with Crippen molar-refractivity contribution in [3.8, 4) is 10.8 Å². The van der Waals surface area contributed by atoms with E-state index >= 15 is 0 Å². The Morgan fingerprint density at radius 2 is 2.04 bits per heavy atom. The Hall–Kier alpha value is -2.51. The number of rotatable bonds is 6. The van der Waals surface area contributed by atoms with E-state index in [1.54, 1.807) is 11.3 Å². The van der Waals surface area contributed by atoms with Gasteiger partial charge in [0.25, 0.3) is 17.7 Å². The number of amides is 1. The predicted octanol–water partition coefficient (Wildman–Crippen LogP) is 2.32. The van der Waals surface area contributed by atoms with Crippen LogP contribution < -0.4 is 10.2 Å². The van der Waals surface area contributed by atoms with Crippen LogP contribution in [0.25, 0.3) is 10.8 Å². The highest BCUT2D eigenvalue weighted by atomic mass is 32.1. The van der Waals surface area contributed by atoms with Crippen LogP contribution in [-0.2, 0) is 4.79 Å². The number of aryl methyl sites for hydroxylation is 1. The Bertz CT molecular complexity index is 827. The zero-order valence-electron chi connectivity index (χ0n) is 14.4. The van der Waals surface area contributed by atoms with Crippen LogP contribution >= 0.6 is 11.3 Å². The molecule has 3 aromatic rings. The lowest BCUT2D eigenvalue weighted by molar-refractivity contribution is -0.903. The quantitative estimate of drug-likeness (QED) is 0.710. The molecule has 1 amide bonds. The monoisotopic (exact) mass is 357 g/mol. The Kier molecular flexibility index (Phi) is 5.25. The van der Waals surface area contributed by atoms with Gasteiger partial charge in [0.15, 0.2) is 12.6 Å². The molecule has 0 aliphatic rings. The van der Waals surface area contributed by atoms with E-state index in [-0.39, 0.29) is 11.9 Å². The largest absolute Gasteiger partial charge is 0.414 e. The molecule has 2 atom stereocenters. The van der Waals surface area contributed by atoms with Crippen LogP contribution in [0.3, 0.4) is 0 Å². The lowest BCUT2D eigenvalue weighted by Gasteiger charge is -2.18. The van der Waals surface area contributed by atoms with E-state index in [0.717, 1.165) is 21.0 Å². The van der Waals surface area contributed by atoms with E-state index in [9.17, 15) is 4.79 Å². The van der Waals surface area contributed by atoms with Gasteiger partial charge in [-0.05, 0) is 37.4 Å². The van der Waals surface area contributed by atoms with Gasteiger partial charge in [0.1, 0.15) is 0 Å². The fraction of sp³-hybridized carbons (Fsp3) is 0.278. The Morgan fingerprint density at radius 1 is 1.28 bits per heavy atom. The zero-order valence-corrected chi connectivity index (χ0v) is 15.3. The number of hydrogen-bond acceptors (Lipinski definition) is 5. The first-order valence-corrected chi connectivity index (χ1v) is 8.97. The van der Waals surface area contributed by atoms with E-state index in [1.165, 1.54) is 0 Å². The fourth-order valence-electron chi connectivity index (χ4n) is 2.37. The van der Waals surface area contributed by atoms with E-state index in [4.69, 9.17) is 4.42 Å². The number of nitrogens with zero attached hydrogens (tertiary/aromatic N) is 2. The topological polar surface area (TPSA) is 72.5 Å². The van der Waals surface area contributed by atoms with Crippen molar-refractivity contribution in [3.05, 3.63) is 53.2 Å². The molecule has 0 radical (unpaired) electrons. The van der Waals surface area contributed by atoms with E-state index < -0.39 is 0 Å². The average molecular weight is 357 g/mol.